The highest BCUT2D eigenvalue weighted by molar-refractivity contribution is 7.18. The highest BCUT2D eigenvalue weighted by Crippen LogP contribution is 2.22. The standard InChI is InChI=1S/C17H18N2O2S/c20-16(18-12-13-6-5-11-21-13)9-3-4-10-17-19-14-7-1-2-8-15(14)22-17/h1-2,5-8,11H,3-4,9-10,12H2,(H,18,20). The van der Waals surface area contributed by atoms with Gasteiger partial charge in [0.1, 0.15) is 5.76 Å². The summed E-state index contributed by atoms with van der Waals surface area (Å²) in [6.45, 7) is 0.462. The molecule has 0 unspecified atom stereocenters. The zero-order valence-electron chi connectivity index (χ0n) is 12.2. The first-order chi connectivity index (χ1) is 10.8. The maximum atomic E-state index is 11.7. The molecule has 0 fully saturated rings. The van der Waals surface area contributed by atoms with Crippen LogP contribution in [0.5, 0.6) is 0 Å². The number of hydrogen-bond donors (Lipinski definition) is 1. The van der Waals surface area contributed by atoms with Crippen LogP contribution in [0.1, 0.15) is 30.0 Å². The molecular formula is C17H18N2O2S. The Kier molecular flexibility index (Phi) is 4.85. The number of fused-ring (bicyclic) bond motifs is 1. The number of furan rings is 1. The van der Waals surface area contributed by atoms with Crippen LogP contribution in [0.25, 0.3) is 10.2 Å². The van der Waals surface area contributed by atoms with E-state index >= 15 is 0 Å². The molecule has 1 amide bonds. The molecule has 2 aromatic heterocycles. The van der Waals surface area contributed by atoms with E-state index in [1.807, 2.05) is 30.3 Å². The van der Waals surface area contributed by atoms with E-state index in [0.717, 1.165) is 35.5 Å². The molecule has 1 N–H and O–H groups in total. The number of carbonyl (C=O) groups is 1. The van der Waals surface area contributed by atoms with Crippen molar-refractivity contribution < 1.29 is 9.21 Å². The van der Waals surface area contributed by atoms with Gasteiger partial charge in [-0.25, -0.2) is 4.98 Å². The molecule has 4 nitrogen and oxygen atoms in total. The molecule has 0 aliphatic heterocycles. The summed E-state index contributed by atoms with van der Waals surface area (Å²) in [5.74, 6) is 0.850. The van der Waals surface area contributed by atoms with Gasteiger partial charge in [-0.2, -0.15) is 0 Å². The van der Waals surface area contributed by atoms with Gasteiger partial charge >= 0.3 is 0 Å². The Morgan fingerprint density at radius 1 is 1.18 bits per heavy atom. The zero-order valence-corrected chi connectivity index (χ0v) is 13.1. The molecule has 1 aromatic carbocycles. The second-order valence-corrected chi connectivity index (χ2v) is 6.25. The first-order valence-corrected chi connectivity index (χ1v) is 8.26. The molecule has 5 heteroatoms. The number of amides is 1. The summed E-state index contributed by atoms with van der Waals surface area (Å²) < 4.78 is 6.40. The highest BCUT2D eigenvalue weighted by atomic mass is 32.1. The number of benzene rings is 1. The predicted molar refractivity (Wildman–Crippen MR) is 87.7 cm³/mol. The van der Waals surface area contributed by atoms with Crippen LogP contribution in [0, 0.1) is 0 Å². The number of nitrogens with one attached hydrogen (secondary N) is 1. The summed E-state index contributed by atoms with van der Waals surface area (Å²) in [5.41, 5.74) is 1.07. The number of aromatic nitrogens is 1. The molecule has 0 radical (unpaired) electrons. The van der Waals surface area contributed by atoms with Crippen molar-refractivity contribution in [3.05, 3.63) is 53.4 Å². The first-order valence-electron chi connectivity index (χ1n) is 7.45. The fourth-order valence-electron chi connectivity index (χ4n) is 2.28. The number of hydrogen-bond acceptors (Lipinski definition) is 4. The molecule has 114 valence electrons. The van der Waals surface area contributed by atoms with E-state index in [0.29, 0.717) is 13.0 Å². The predicted octanol–water partition coefficient (Wildman–Crippen LogP) is 3.92. The van der Waals surface area contributed by atoms with Gasteiger partial charge in [0.15, 0.2) is 0 Å². The second kappa shape index (κ2) is 7.22. The fourth-order valence-corrected chi connectivity index (χ4v) is 3.29. The highest BCUT2D eigenvalue weighted by Gasteiger charge is 2.05. The Morgan fingerprint density at radius 3 is 2.91 bits per heavy atom. The van der Waals surface area contributed by atoms with Gasteiger partial charge in [0.25, 0.3) is 0 Å². The Balaban J connectivity index is 1.37. The number of unbranched alkanes of at least 4 members (excludes halogenated alkanes) is 1. The Labute approximate surface area is 133 Å². The van der Waals surface area contributed by atoms with Gasteiger partial charge in [0.2, 0.25) is 5.91 Å². The summed E-state index contributed by atoms with van der Waals surface area (Å²) in [6, 6.07) is 11.9. The van der Waals surface area contributed by atoms with Gasteiger partial charge in [-0.3, -0.25) is 4.79 Å². The molecule has 2 heterocycles. The minimum absolute atomic E-state index is 0.0701. The van der Waals surface area contributed by atoms with Crippen molar-refractivity contribution in [1.82, 2.24) is 10.3 Å². The summed E-state index contributed by atoms with van der Waals surface area (Å²) in [5, 5.41) is 4.01. The van der Waals surface area contributed by atoms with Crippen LogP contribution in [-0.2, 0) is 17.8 Å². The molecule has 3 aromatic rings. The van der Waals surface area contributed by atoms with Crippen LogP contribution in [0.15, 0.2) is 47.1 Å². The molecule has 0 bridgehead atoms. The average molecular weight is 314 g/mol. The Morgan fingerprint density at radius 2 is 2.09 bits per heavy atom. The maximum absolute atomic E-state index is 11.7. The molecule has 3 rings (SSSR count). The summed E-state index contributed by atoms with van der Waals surface area (Å²) in [7, 11) is 0. The molecule has 0 saturated carbocycles. The summed E-state index contributed by atoms with van der Waals surface area (Å²) in [6.07, 6.45) is 4.95. The van der Waals surface area contributed by atoms with E-state index in [4.69, 9.17) is 4.42 Å². The number of thiazole rings is 1. The van der Waals surface area contributed by atoms with E-state index in [1.54, 1.807) is 17.6 Å². The van der Waals surface area contributed by atoms with E-state index in [-0.39, 0.29) is 5.91 Å². The molecule has 0 saturated heterocycles. The zero-order chi connectivity index (χ0) is 15.2. The van der Waals surface area contributed by atoms with Crippen LogP contribution in [0.2, 0.25) is 0 Å². The molecule has 0 atom stereocenters. The van der Waals surface area contributed by atoms with Crippen molar-refractivity contribution in [1.29, 1.82) is 0 Å². The third kappa shape index (κ3) is 3.95. The van der Waals surface area contributed by atoms with Crippen molar-refractivity contribution in [2.45, 2.75) is 32.2 Å². The van der Waals surface area contributed by atoms with E-state index in [9.17, 15) is 4.79 Å². The fraction of sp³-hybridized carbons (Fsp3) is 0.294. The average Bonchev–Trinajstić information content (AvgIpc) is 3.18. The SMILES string of the molecule is O=C(CCCCc1nc2ccccc2s1)NCc1ccco1. The lowest BCUT2D eigenvalue weighted by Crippen LogP contribution is -2.22. The van der Waals surface area contributed by atoms with Gasteiger partial charge in [0, 0.05) is 6.42 Å². The Hall–Kier alpha value is -2.14. The quantitative estimate of drug-likeness (QED) is 0.673. The summed E-state index contributed by atoms with van der Waals surface area (Å²) in [4.78, 5) is 16.3. The van der Waals surface area contributed by atoms with Crippen LogP contribution in [-0.4, -0.2) is 10.9 Å². The number of rotatable bonds is 7. The van der Waals surface area contributed by atoms with Crippen LogP contribution < -0.4 is 5.32 Å². The van der Waals surface area contributed by atoms with Crippen molar-refractivity contribution in [3.8, 4) is 0 Å². The molecule has 0 spiro atoms. The third-order valence-electron chi connectivity index (χ3n) is 3.42. The van der Waals surface area contributed by atoms with E-state index < -0.39 is 0 Å². The van der Waals surface area contributed by atoms with Crippen molar-refractivity contribution in [2.75, 3.05) is 0 Å². The smallest absolute Gasteiger partial charge is 0.220 e. The normalized spacial score (nSPS) is 10.9. The Bertz CT molecular complexity index is 701. The molecule has 0 aliphatic rings. The minimum atomic E-state index is 0.0701. The van der Waals surface area contributed by atoms with Crippen molar-refractivity contribution >= 4 is 27.5 Å². The maximum Gasteiger partial charge on any atom is 0.220 e. The number of carbonyl (C=O) groups excluding carboxylic acids is 1. The number of aryl methyl sites for hydroxylation is 1. The monoisotopic (exact) mass is 314 g/mol. The van der Waals surface area contributed by atoms with Crippen LogP contribution in [0.4, 0.5) is 0 Å². The van der Waals surface area contributed by atoms with E-state index in [1.165, 1.54) is 4.70 Å². The van der Waals surface area contributed by atoms with Gasteiger partial charge in [-0.15, -0.1) is 11.3 Å². The largest absolute Gasteiger partial charge is 0.467 e. The van der Waals surface area contributed by atoms with Crippen LogP contribution >= 0.6 is 11.3 Å². The second-order valence-electron chi connectivity index (χ2n) is 5.14. The van der Waals surface area contributed by atoms with Gasteiger partial charge in [-0.1, -0.05) is 12.1 Å². The summed E-state index contributed by atoms with van der Waals surface area (Å²) >= 11 is 1.74. The third-order valence-corrected chi connectivity index (χ3v) is 4.52. The van der Waals surface area contributed by atoms with Crippen molar-refractivity contribution in [2.24, 2.45) is 0 Å². The van der Waals surface area contributed by atoms with E-state index in [2.05, 4.69) is 16.4 Å². The molecular weight excluding hydrogens is 296 g/mol. The lowest BCUT2D eigenvalue weighted by molar-refractivity contribution is -0.121. The van der Waals surface area contributed by atoms with Crippen LogP contribution in [0.3, 0.4) is 0 Å². The van der Waals surface area contributed by atoms with Gasteiger partial charge in [0.05, 0.1) is 28.0 Å². The topological polar surface area (TPSA) is 55.1 Å². The number of nitrogens with zero attached hydrogens (tertiary/aromatic N) is 1. The van der Waals surface area contributed by atoms with Gasteiger partial charge in [-0.05, 0) is 43.5 Å². The lowest BCUT2D eigenvalue weighted by atomic mass is 10.2. The molecule has 22 heavy (non-hydrogen) atoms. The minimum Gasteiger partial charge on any atom is -0.467 e. The number of para-hydroxylation sites is 1. The first kappa shape index (κ1) is 14.8. The van der Waals surface area contributed by atoms with Crippen molar-refractivity contribution in [3.63, 3.8) is 0 Å². The lowest BCUT2D eigenvalue weighted by Gasteiger charge is -2.02. The molecule has 0 aliphatic carbocycles. The van der Waals surface area contributed by atoms with Gasteiger partial charge < -0.3 is 9.73 Å².